The second-order valence-corrected chi connectivity index (χ2v) is 4.10. The molecule has 0 aliphatic carbocycles. The summed E-state index contributed by atoms with van der Waals surface area (Å²) in [6, 6.07) is 8.22. The highest BCUT2D eigenvalue weighted by Crippen LogP contribution is 2.26. The van der Waals surface area contributed by atoms with E-state index in [0.717, 1.165) is 11.1 Å². The maximum absolute atomic E-state index is 11.3. The van der Waals surface area contributed by atoms with Crippen LogP contribution >= 0.6 is 0 Å². The number of H-pyrrole nitrogens is 1. The number of carbonyl (C=O) groups excluding carboxylic acids is 1. The Kier molecular flexibility index (Phi) is 2.69. The largest absolute Gasteiger partial charge is 0.361 e. The van der Waals surface area contributed by atoms with Crippen LogP contribution in [0.15, 0.2) is 30.5 Å². The van der Waals surface area contributed by atoms with E-state index in [2.05, 4.69) is 11.1 Å². The Balaban J connectivity index is 2.44. The second kappa shape index (κ2) is 4.00. The number of aromatic amines is 1. The predicted molar refractivity (Wildman–Crippen MR) is 65.2 cm³/mol. The molecule has 2 aromatic rings. The van der Waals surface area contributed by atoms with Gasteiger partial charge in [0.2, 0.25) is 5.91 Å². The van der Waals surface area contributed by atoms with Crippen molar-refractivity contribution in [3.05, 3.63) is 36.0 Å². The number of amides is 1. The molecule has 1 amide bonds. The first-order valence-electron chi connectivity index (χ1n) is 5.40. The zero-order valence-corrected chi connectivity index (χ0v) is 9.82. The second-order valence-electron chi connectivity index (χ2n) is 4.10. The molecule has 0 bridgehead atoms. The Morgan fingerprint density at radius 2 is 2.06 bits per heavy atom. The van der Waals surface area contributed by atoms with Crippen molar-refractivity contribution < 1.29 is 4.79 Å². The van der Waals surface area contributed by atoms with Crippen LogP contribution in [0.3, 0.4) is 0 Å². The Hall–Kier alpha value is -1.77. The average molecular weight is 216 g/mol. The molecule has 0 aliphatic heterocycles. The number of hydrogen-bond donors (Lipinski definition) is 1. The molecule has 0 radical (unpaired) electrons. The highest BCUT2D eigenvalue weighted by Gasteiger charge is 2.16. The van der Waals surface area contributed by atoms with Crippen molar-refractivity contribution in [2.45, 2.75) is 19.9 Å². The molecule has 3 heteroatoms. The van der Waals surface area contributed by atoms with Crippen molar-refractivity contribution in [2.24, 2.45) is 0 Å². The lowest BCUT2D eigenvalue weighted by Gasteiger charge is -2.23. The van der Waals surface area contributed by atoms with E-state index < -0.39 is 0 Å². The predicted octanol–water partition coefficient (Wildman–Crippen LogP) is 2.71. The van der Waals surface area contributed by atoms with E-state index in [1.165, 1.54) is 5.39 Å². The van der Waals surface area contributed by atoms with E-state index in [9.17, 15) is 4.79 Å². The lowest BCUT2D eigenvalue weighted by Crippen LogP contribution is -2.26. The number of nitrogens with one attached hydrogen (secondary N) is 1. The monoisotopic (exact) mass is 216 g/mol. The Morgan fingerprint density at radius 1 is 1.38 bits per heavy atom. The van der Waals surface area contributed by atoms with E-state index in [1.54, 1.807) is 11.8 Å². The van der Waals surface area contributed by atoms with Crippen molar-refractivity contribution in [2.75, 3.05) is 7.05 Å². The zero-order chi connectivity index (χ0) is 11.7. The summed E-state index contributed by atoms with van der Waals surface area (Å²) in [5, 5.41) is 1.18. The summed E-state index contributed by atoms with van der Waals surface area (Å²) in [6.45, 7) is 3.63. The van der Waals surface area contributed by atoms with Crippen LogP contribution in [-0.2, 0) is 4.79 Å². The molecule has 1 aromatic carbocycles. The van der Waals surface area contributed by atoms with Crippen LogP contribution in [0, 0.1) is 0 Å². The van der Waals surface area contributed by atoms with Gasteiger partial charge in [-0.2, -0.15) is 0 Å². The van der Waals surface area contributed by atoms with Gasteiger partial charge in [0.05, 0.1) is 6.04 Å². The fourth-order valence-corrected chi connectivity index (χ4v) is 1.92. The minimum atomic E-state index is 0.0813. The van der Waals surface area contributed by atoms with Gasteiger partial charge in [-0.15, -0.1) is 0 Å². The molecule has 84 valence electrons. The molecule has 16 heavy (non-hydrogen) atoms. The van der Waals surface area contributed by atoms with Crippen molar-refractivity contribution in [1.29, 1.82) is 0 Å². The standard InChI is InChI=1S/C13H16N2O/c1-9(15(3)10(2)16)12-8-14-13-7-5-4-6-11(12)13/h4-9,14H,1-3H3. The van der Waals surface area contributed by atoms with Crippen LogP contribution in [0.5, 0.6) is 0 Å². The minimum absolute atomic E-state index is 0.0813. The Labute approximate surface area is 95.1 Å². The van der Waals surface area contributed by atoms with Gasteiger partial charge in [-0.3, -0.25) is 4.79 Å². The van der Waals surface area contributed by atoms with E-state index in [4.69, 9.17) is 0 Å². The number of para-hydroxylation sites is 1. The van der Waals surface area contributed by atoms with Crippen LogP contribution in [0.25, 0.3) is 10.9 Å². The number of hydrogen-bond acceptors (Lipinski definition) is 1. The van der Waals surface area contributed by atoms with Crippen molar-refractivity contribution in [3.63, 3.8) is 0 Å². The summed E-state index contributed by atoms with van der Waals surface area (Å²) < 4.78 is 0. The van der Waals surface area contributed by atoms with Crippen molar-refractivity contribution >= 4 is 16.8 Å². The summed E-state index contributed by atoms with van der Waals surface area (Å²) in [7, 11) is 1.83. The first-order chi connectivity index (χ1) is 7.61. The molecule has 1 atom stereocenters. The molecule has 1 heterocycles. The van der Waals surface area contributed by atoms with E-state index in [1.807, 2.05) is 38.4 Å². The Morgan fingerprint density at radius 3 is 2.75 bits per heavy atom. The molecule has 0 fully saturated rings. The molecule has 0 saturated carbocycles. The maximum atomic E-state index is 11.3. The van der Waals surface area contributed by atoms with Gasteiger partial charge in [-0.05, 0) is 18.6 Å². The summed E-state index contributed by atoms with van der Waals surface area (Å²) in [4.78, 5) is 16.3. The summed E-state index contributed by atoms with van der Waals surface area (Å²) >= 11 is 0. The van der Waals surface area contributed by atoms with Gasteiger partial charge in [0.1, 0.15) is 0 Å². The van der Waals surface area contributed by atoms with Gasteiger partial charge in [0.15, 0.2) is 0 Å². The van der Waals surface area contributed by atoms with E-state index in [0.29, 0.717) is 0 Å². The normalized spacial score (nSPS) is 12.7. The lowest BCUT2D eigenvalue weighted by atomic mass is 10.1. The van der Waals surface area contributed by atoms with Crippen LogP contribution in [0.4, 0.5) is 0 Å². The fraction of sp³-hybridized carbons (Fsp3) is 0.308. The van der Waals surface area contributed by atoms with Crippen LogP contribution < -0.4 is 0 Å². The molecule has 1 N–H and O–H groups in total. The fourth-order valence-electron chi connectivity index (χ4n) is 1.92. The third-order valence-electron chi connectivity index (χ3n) is 3.15. The van der Waals surface area contributed by atoms with Gasteiger partial charge in [0, 0.05) is 31.1 Å². The number of fused-ring (bicyclic) bond motifs is 1. The summed E-state index contributed by atoms with van der Waals surface area (Å²) in [5.41, 5.74) is 2.27. The topological polar surface area (TPSA) is 36.1 Å². The van der Waals surface area contributed by atoms with Crippen molar-refractivity contribution in [3.8, 4) is 0 Å². The number of carbonyl (C=O) groups is 1. The SMILES string of the molecule is CC(=O)N(C)C(C)c1c[nH]c2ccccc12. The van der Waals surface area contributed by atoms with Gasteiger partial charge in [-0.25, -0.2) is 0 Å². The van der Waals surface area contributed by atoms with E-state index >= 15 is 0 Å². The quantitative estimate of drug-likeness (QED) is 0.823. The first-order valence-corrected chi connectivity index (χ1v) is 5.40. The minimum Gasteiger partial charge on any atom is -0.361 e. The first kappa shape index (κ1) is 10.7. The van der Waals surface area contributed by atoms with Crippen LogP contribution in [-0.4, -0.2) is 22.8 Å². The van der Waals surface area contributed by atoms with Crippen LogP contribution in [0.1, 0.15) is 25.5 Å². The molecule has 2 rings (SSSR count). The highest BCUT2D eigenvalue weighted by molar-refractivity contribution is 5.84. The van der Waals surface area contributed by atoms with E-state index in [-0.39, 0.29) is 11.9 Å². The highest BCUT2D eigenvalue weighted by atomic mass is 16.2. The number of nitrogens with zero attached hydrogens (tertiary/aromatic N) is 1. The van der Waals surface area contributed by atoms with Crippen LogP contribution in [0.2, 0.25) is 0 Å². The Bertz CT molecular complexity index is 515. The molecule has 3 nitrogen and oxygen atoms in total. The lowest BCUT2D eigenvalue weighted by molar-refractivity contribution is -0.129. The number of rotatable bonds is 2. The molecule has 0 aliphatic rings. The molecule has 0 spiro atoms. The smallest absolute Gasteiger partial charge is 0.219 e. The van der Waals surface area contributed by atoms with Gasteiger partial charge < -0.3 is 9.88 Å². The molecular formula is C13H16N2O. The van der Waals surface area contributed by atoms with Gasteiger partial charge in [0.25, 0.3) is 0 Å². The summed E-state index contributed by atoms with van der Waals surface area (Å²) in [5.74, 6) is 0.0813. The molecule has 1 aromatic heterocycles. The number of benzene rings is 1. The maximum Gasteiger partial charge on any atom is 0.219 e. The molecular weight excluding hydrogens is 200 g/mol. The molecule has 1 unspecified atom stereocenters. The van der Waals surface area contributed by atoms with Gasteiger partial charge in [-0.1, -0.05) is 18.2 Å². The van der Waals surface area contributed by atoms with Crippen molar-refractivity contribution in [1.82, 2.24) is 9.88 Å². The van der Waals surface area contributed by atoms with Gasteiger partial charge >= 0.3 is 0 Å². The zero-order valence-electron chi connectivity index (χ0n) is 9.82. The molecule has 0 saturated heterocycles. The average Bonchev–Trinajstić information content (AvgIpc) is 2.70. The third kappa shape index (κ3) is 1.69. The number of aromatic nitrogens is 1. The summed E-state index contributed by atoms with van der Waals surface area (Å²) in [6.07, 6.45) is 1.98. The third-order valence-corrected chi connectivity index (χ3v) is 3.15.